The number of carbonyl (C=O) groups excluding carboxylic acids is 2. The molecule has 0 saturated heterocycles. The first-order valence-corrected chi connectivity index (χ1v) is 8.06. The molecule has 1 N–H and O–H groups in total. The van der Waals surface area contributed by atoms with Crippen molar-refractivity contribution in [3.05, 3.63) is 82.3 Å². The van der Waals surface area contributed by atoms with Gasteiger partial charge in [-0.05, 0) is 17.5 Å². The van der Waals surface area contributed by atoms with Crippen LogP contribution in [0.1, 0.15) is 22.2 Å². The highest BCUT2D eigenvalue weighted by atomic mass is 16.5. The van der Waals surface area contributed by atoms with Crippen molar-refractivity contribution in [2.45, 2.75) is 6.10 Å². The van der Waals surface area contributed by atoms with Gasteiger partial charge in [0, 0.05) is 25.0 Å². The molecule has 26 heavy (non-hydrogen) atoms. The average Bonchev–Trinajstić information content (AvgIpc) is 2.66. The molecule has 0 bridgehead atoms. The summed E-state index contributed by atoms with van der Waals surface area (Å²) >= 11 is 0. The van der Waals surface area contributed by atoms with Gasteiger partial charge in [-0.2, -0.15) is 0 Å². The Balaban J connectivity index is 1.95. The third-order valence-electron chi connectivity index (χ3n) is 3.97. The molecule has 0 spiro atoms. The summed E-state index contributed by atoms with van der Waals surface area (Å²) in [5, 5.41) is 1.10. The molecule has 0 aliphatic rings. The van der Waals surface area contributed by atoms with Crippen molar-refractivity contribution in [1.82, 2.24) is 9.88 Å². The smallest absolute Gasteiger partial charge is 0.355 e. The lowest BCUT2D eigenvalue weighted by Crippen LogP contribution is -2.31. The summed E-state index contributed by atoms with van der Waals surface area (Å²) in [5.74, 6) is -1.13. The van der Waals surface area contributed by atoms with Crippen LogP contribution in [0.3, 0.4) is 0 Å². The van der Waals surface area contributed by atoms with Crippen LogP contribution in [0.2, 0.25) is 0 Å². The number of H-pyrrole nitrogens is 1. The van der Waals surface area contributed by atoms with Gasteiger partial charge in [-0.25, -0.2) is 4.79 Å². The molecule has 1 atom stereocenters. The van der Waals surface area contributed by atoms with Gasteiger partial charge >= 0.3 is 5.97 Å². The maximum Gasteiger partial charge on any atom is 0.355 e. The van der Waals surface area contributed by atoms with Crippen molar-refractivity contribution >= 4 is 22.6 Å². The van der Waals surface area contributed by atoms with E-state index in [-0.39, 0.29) is 17.2 Å². The molecule has 0 aliphatic heterocycles. The van der Waals surface area contributed by atoms with E-state index in [1.54, 1.807) is 68.7 Å². The Morgan fingerprint density at radius 1 is 1.00 bits per heavy atom. The predicted octanol–water partition coefficient (Wildman–Crippen LogP) is 2.51. The van der Waals surface area contributed by atoms with E-state index in [0.29, 0.717) is 16.3 Å². The van der Waals surface area contributed by atoms with E-state index in [4.69, 9.17) is 4.74 Å². The Morgan fingerprint density at radius 3 is 2.35 bits per heavy atom. The second-order valence-electron chi connectivity index (χ2n) is 6.03. The van der Waals surface area contributed by atoms with E-state index >= 15 is 0 Å². The van der Waals surface area contributed by atoms with Crippen LogP contribution >= 0.6 is 0 Å². The lowest BCUT2D eigenvalue weighted by Gasteiger charge is -2.21. The monoisotopic (exact) mass is 350 g/mol. The van der Waals surface area contributed by atoms with Crippen molar-refractivity contribution < 1.29 is 14.3 Å². The molecule has 3 rings (SSSR count). The fraction of sp³-hybridized carbons (Fsp3) is 0.150. The van der Waals surface area contributed by atoms with E-state index in [1.807, 2.05) is 6.07 Å². The third kappa shape index (κ3) is 3.49. The highest BCUT2D eigenvalue weighted by Gasteiger charge is 2.27. The molecule has 6 nitrogen and oxygen atoms in total. The number of likely N-dealkylation sites (N-methyl/N-ethyl adjacent to an activating group) is 1. The molecule has 3 aromatic rings. The predicted molar refractivity (Wildman–Crippen MR) is 97.9 cm³/mol. The van der Waals surface area contributed by atoms with E-state index in [9.17, 15) is 14.4 Å². The summed E-state index contributed by atoms with van der Waals surface area (Å²) in [6.45, 7) is 0. The molecule has 2 aromatic carbocycles. The average molecular weight is 350 g/mol. The molecule has 6 heteroatoms. The molecule has 1 heterocycles. The summed E-state index contributed by atoms with van der Waals surface area (Å²) in [6.07, 6.45) is -1.09. The molecular formula is C20H18N2O4. The van der Waals surface area contributed by atoms with E-state index in [0.717, 1.165) is 0 Å². The Kier molecular flexibility index (Phi) is 4.84. The second-order valence-corrected chi connectivity index (χ2v) is 6.03. The first-order valence-electron chi connectivity index (χ1n) is 8.06. The largest absolute Gasteiger partial charge is 0.443 e. The van der Waals surface area contributed by atoms with Gasteiger partial charge in [0.25, 0.3) is 11.5 Å². The van der Waals surface area contributed by atoms with Gasteiger partial charge in [0.1, 0.15) is 5.69 Å². The van der Waals surface area contributed by atoms with E-state index < -0.39 is 12.1 Å². The summed E-state index contributed by atoms with van der Waals surface area (Å²) in [4.78, 5) is 41.1. The lowest BCUT2D eigenvalue weighted by molar-refractivity contribution is -0.138. The Morgan fingerprint density at radius 2 is 1.65 bits per heavy atom. The summed E-state index contributed by atoms with van der Waals surface area (Å²) in [6, 6.07) is 17.2. The first kappa shape index (κ1) is 17.4. The van der Waals surface area contributed by atoms with Crippen LogP contribution in [-0.4, -0.2) is 35.9 Å². The molecular weight excluding hydrogens is 332 g/mol. The Bertz CT molecular complexity index is 1010. The number of nitrogens with one attached hydrogen (secondary N) is 1. The zero-order chi connectivity index (χ0) is 18.7. The van der Waals surface area contributed by atoms with Gasteiger partial charge in [-0.15, -0.1) is 0 Å². The van der Waals surface area contributed by atoms with Gasteiger partial charge in [0.15, 0.2) is 0 Å². The first-order chi connectivity index (χ1) is 12.5. The number of carbonyl (C=O) groups is 2. The van der Waals surface area contributed by atoms with Crippen molar-refractivity contribution in [3.63, 3.8) is 0 Å². The normalized spacial score (nSPS) is 11.8. The number of ether oxygens (including phenoxy) is 1. The number of amides is 1. The molecule has 0 saturated carbocycles. The zero-order valence-corrected chi connectivity index (χ0v) is 14.4. The molecule has 1 amide bonds. The topological polar surface area (TPSA) is 79.5 Å². The number of fused-ring (bicyclic) bond motifs is 1. The maximum atomic E-state index is 12.6. The van der Waals surface area contributed by atoms with Crippen molar-refractivity contribution in [2.75, 3.05) is 14.1 Å². The summed E-state index contributed by atoms with van der Waals surface area (Å²) < 4.78 is 5.45. The number of benzene rings is 2. The van der Waals surface area contributed by atoms with Crippen LogP contribution in [0.25, 0.3) is 10.8 Å². The third-order valence-corrected chi connectivity index (χ3v) is 3.97. The van der Waals surface area contributed by atoms with Crippen LogP contribution in [0.15, 0.2) is 65.5 Å². The second kappa shape index (κ2) is 7.23. The fourth-order valence-electron chi connectivity index (χ4n) is 2.61. The maximum absolute atomic E-state index is 12.6. The van der Waals surface area contributed by atoms with Crippen molar-refractivity contribution in [3.8, 4) is 0 Å². The summed E-state index contributed by atoms with van der Waals surface area (Å²) in [7, 11) is 3.17. The lowest BCUT2D eigenvalue weighted by atomic mass is 10.1. The van der Waals surface area contributed by atoms with Gasteiger partial charge in [-0.1, -0.05) is 48.5 Å². The summed E-state index contributed by atoms with van der Waals surface area (Å²) in [5.41, 5.74) is 0.175. The van der Waals surface area contributed by atoms with Gasteiger partial charge in [0.05, 0.1) is 0 Å². The van der Waals surface area contributed by atoms with Crippen LogP contribution in [0, 0.1) is 0 Å². The van der Waals surface area contributed by atoms with Crippen LogP contribution in [0.4, 0.5) is 0 Å². The quantitative estimate of drug-likeness (QED) is 0.733. The Labute approximate surface area is 150 Å². The SMILES string of the molecule is CN(C)C(=O)[C@H](OC(=O)c1cc2ccccc2c(=O)[nH]1)c1ccccc1. The number of nitrogens with zero attached hydrogens (tertiary/aromatic N) is 1. The number of pyridine rings is 1. The minimum absolute atomic E-state index is 0.00110. The number of hydrogen-bond acceptors (Lipinski definition) is 4. The number of esters is 1. The molecule has 0 unspecified atom stereocenters. The van der Waals surface area contributed by atoms with Crippen molar-refractivity contribution in [1.29, 1.82) is 0 Å². The van der Waals surface area contributed by atoms with Crippen LogP contribution in [-0.2, 0) is 9.53 Å². The standard InChI is InChI=1S/C20H18N2O4/c1-22(2)19(24)17(13-8-4-3-5-9-13)26-20(25)16-12-14-10-6-7-11-15(14)18(23)21-16/h3-12,17H,1-2H3,(H,21,23)/t17-/m1/s1. The zero-order valence-electron chi connectivity index (χ0n) is 14.4. The molecule has 0 radical (unpaired) electrons. The van der Waals surface area contributed by atoms with E-state index in [1.165, 1.54) is 4.90 Å². The molecule has 132 valence electrons. The number of aromatic nitrogens is 1. The number of hydrogen-bond donors (Lipinski definition) is 1. The van der Waals surface area contributed by atoms with Crippen LogP contribution < -0.4 is 5.56 Å². The minimum atomic E-state index is -1.09. The number of rotatable bonds is 4. The minimum Gasteiger partial charge on any atom is -0.443 e. The van der Waals surface area contributed by atoms with Gasteiger partial charge in [0.2, 0.25) is 6.10 Å². The molecule has 0 aliphatic carbocycles. The van der Waals surface area contributed by atoms with Gasteiger partial charge in [-0.3, -0.25) is 9.59 Å². The van der Waals surface area contributed by atoms with E-state index in [2.05, 4.69) is 4.98 Å². The Hall–Kier alpha value is -3.41. The fourth-order valence-corrected chi connectivity index (χ4v) is 2.61. The van der Waals surface area contributed by atoms with Crippen LogP contribution in [0.5, 0.6) is 0 Å². The van der Waals surface area contributed by atoms with Gasteiger partial charge < -0.3 is 14.6 Å². The molecule has 0 fully saturated rings. The highest BCUT2D eigenvalue weighted by Crippen LogP contribution is 2.21. The van der Waals surface area contributed by atoms with Crippen molar-refractivity contribution in [2.24, 2.45) is 0 Å². The number of aromatic amines is 1. The molecule has 1 aromatic heterocycles. The highest BCUT2D eigenvalue weighted by molar-refractivity contribution is 5.94.